The minimum absolute atomic E-state index is 0.583. The molecule has 1 rings (SSSR count). The number of hydrogen-bond acceptors (Lipinski definition) is 5. The van der Waals surface area contributed by atoms with Crippen LogP contribution in [0.3, 0.4) is 0 Å². The average molecular weight is 291 g/mol. The Balaban J connectivity index is 0. The van der Waals surface area contributed by atoms with Gasteiger partial charge < -0.3 is 26.3 Å². The third kappa shape index (κ3) is 30.7. The van der Waals surface area contributed by atoms with Crippen LogP contribution in [0.1, 0.15) is 46.5 Å². The fourth-order valence-corrected chi connectivity index (χ4v) is 1.02. The molecule has 20 heavy (non-hydrogen) atoms. The molecule has 124 valence electrons. The Morgan fingerprint density at radius 3 is 1.70 bits per heavy atom. The smallest absolute Gasteiger partial charge is 0.0781 e. The number of rotatable bonds is 10. The second-order valence-corrected chi connectivity index (χ2v) is 4.79. The molecule has 1 aliphatic rings. The molecule has 0 bridgehead atoms. The number of ether oxygens (including phenoxy) is 2. The number of nitrogens with two attached hydrogens (primary N) is 2. The summed E-state index contributed by atoms with van der Waals surface area (Å²) >= 11 is 0. The van der Waals surface area contributed by atoms with Gasteiger partial charge in [0, 0.05) is 39.4 Å². The molecule has 1 unspecified atom stereocenters. The normalized spacial score (nSPS) is 15.8. The zero-order valence-electron chi connectivity index (χ0n) is 13.8. The van der Waals surface area contributed by atoms with E-state index in [0.29, 0.717) is 19.2 Å². The van der Waals surface area contributed by atoms with Crippen LogP contribution in [0, 0.1) is 0 Å². The highest BCUT2D eigenvalue weighted by molar-refractivity contribution is 4.58. The molecule has 1 atom stereocenters. The third-order valence-corrected chi connectivity index (χ3v) is 2.43. The summed E-state index contributed by atoms with van der Waals surface area (Å²) in [6.45, 7) is 12.5. The summed E-state index contributed by atoms with van der Waals surface area (Å²) in [5, 5.41) is 3.03. The first kappa shape index (κ1) is 22.1. The Labute approximate surface area is 125 Å². The van der Waals surface area contributed by atoms with E-state index in [2.05, 4.69) is 26.1 Å². The Hall–Kier alpha value is -0.200. The van der Waals surface area contributed by atoms with E-state index in [4.69, 9.17) is 20.9 Å². The Bertz CT molecular complexity index is 146. The van der Waals surface area contributed by atoms with E-state index in [9.17, 15) is 0 Å². The van der Waals surface area contributed by atoms with E-state index >= 15 is 0 Å². The van der Waals surface area contributed by atoms with Crippen molar-refractivity contribution in [3.05, 3.63) is 0 Å². The van der Waals surface area contributed by atoms with E-state index in [1.807, 2.05) is 0 Å². The number of unbranched alkanes of at least 4 members (excludes halogenated alkanes) is 2. The van der Waals surface area contributed by atoms with Crippen LogP contribution >= 0.6 is 0 Å². The molecule has 0 aromatic rings. The van der Waals surface area contributed by atoms with Gasteiger partial charge in [0.15, 0.2) is 0 Å². The fraction of sp³-hybridized carbons (Fsp3) is 1.00. The first-order valence-corrected chi connectivity index (χ1v) is 8.03. The third-order valence-electron chi connectivity index (χ3n) is 2.43. The van der Waals surface area contributed by atoms with Crippen LogP contribution in [-0.4, -0.2) is 52.1 Å². The molecular formula is C15H37N3O2. The van der Waals surface area contributed by atoms with E-state index < -0.39 is 0 Å². The summed E-state index contributed by atoms with van der Waals surface area (Å²) in [7, 11) is 0. The molecule has 0 aromatic carbocycles. The van der Waals surface area contributed by atoms with Crippen LogP contribution in [0.2, 0.25) is 0 Å². The van der Waals surface area contributed by atoms with Gasteiger partial charge in [0.05, 0.1) is 12.7 Å². The van der Waals surface area contributed by atoms with Gasteiger partial charge in [-0.05, 0) is 19.8 Å². The van der Waals surface area contributed by atoms with Crippen LogP contribution in [-0.2, 0) is 9.47 Å². The highest BCUT2D eigenvalue weighted by Crippen LogP contribution is 2.04. The van der Waals surface area contributed by atoms with Crippen molar-refractivity contribution in [1.29, 1.82) is 0 Å². The van der Waals surface area contributed by atoms with E-state index in [1.54, 1.807) is 0 Å². The SMILES string of the molecule is CC1CO1.CCCCOCCCC.NCCNCCN. The molecule has 0 spiro atoms. The van der Waals surface area contributed by atoms with Crippen molar-refractivity contribution in [2.45, 2.75) is 52.6 Å². The molecule has 5 nitrogen and oxygen atoms in total. The van der Waals surface area contributed by atoms with Gasteiger partial charge in [-0.1, -0.05) is 26.7 Å². The first-order chi connectivity index (χ1) is 9.72. The lowest BCUT2D eigenvalue weighted by atomic mass is 10.3. The zero-order valence-corrected chi connectivity index (χ0v) is 13.8. The molecule has 0 aromatic heterocycles. The van der Waals surface area contributed by atoms with Gasteiger partial charge in [-0.2, -0.15) is 0 Å². The molecule has 0 aliphatic carbocycles. The minimum Gasteiger partial charge on any atom is -0.381 e. The second-order valence-electron chi connectivity index (χ2n) is 4.79. The maximum atomic E-state index is 5.31. The topological polar surface area (TPSA) is 85.8 Å². The lowest BCUT2D eigenvalue weighted by Crippen LogP contribution is -2.27. The summed E-state index contributed by atoms with van der Waals surface area (Å²) in [5.41, 5.74) is 10.3. The largest absolute Gasteiger partial charge is 0.381 e. The minimum atomic E-state index is 0.583. The maximum Gasteiger partial charge on any atom is 0.0781 e. The fourth-order valence-electron chi connectivity index (χ4n) is 1.02. The van der Waals surface area contributed by atoms with Crippen LogP contribution in [0.15, 0.2) is 0 Å². The molecule has 0 amide bonds. The quantitative estimate of drug-likeness (QED) is 0.419. The molecule has 1 saturated heterocycles. The van der Waals surface area contributed by atoms with Gasteiger partial charge in [-0.15, -0.1) is 0 Å². The number of nitrogens with one attached hydrogen (secondary N) is 1. The highest BCUT2D eigenvalue weighted by atomic mass is 16.6. The Morgan fingerprint density at radius 2 is 1.45 bits per heavy atom. The van der Waals surface area contributed by atoms with Crippen molar-refractivity contribution in [2.75, 3.05) is 46.0 Å². The molecular weight excluding hydrogens is 254 g/mol. The van der Waals surface area contributed by atoms with Gasteiger partial charge in [0.1, 0.15) is 0 Å². The second kappa shape index (κ2) is 21.1. The zero-order chi connectivity index (χ0) is 15.5. The van der Waals surface area contributed by atoms with Crippen LogP contribution < -0.4 is 16.8 Å². The van der Waals surface area contributed by atoms with Gasteiger partial charge >= 0.3 is 0 Å². The summed E-state index contributed by atoms with van der Waals surface area (Å²) in [5.74, 6) is 0. The van der Waals surface area contributed by atoms with Gasteiger partial charge in [0.25, 0.3) is 0 Å². The van der Waals surface area contributed by atoms with Crippen LogP contribution in [0.4, 0.5) is 0 Å². The van der Waals surface area contributed by atoms with Gasteiger partial charge in [-0.25, -0.2) is 0 Å². The Kier molecular flexibility index (Phi) is 23.3. The molecule has 0 saturated carbocycles. The lowest BCUT2D eigenvalue weighted by Gasteiger charge is -1.99. The van der Waals surface area contributed by atoms with Crippen molar-refractivity contribution < 1.29 is 9.47 Å². The highest BCUT2D eigenvalue weighted by Gasteiger charge is 2.13. The van der Waals surface area contributed by atoms with Crippen molar-refractivity contribution in [3.63, 3.8) is 0 Å². The molecule has 5 N–H and O–H groups in total. The standard InChI is InChI=1S/C8H18O.C4H13N3.C3H6O/c1-3-5-7-9-8-6-4-2;5-1-3-7-4-2-6;1-3-2-4-3/h3-8H2,1-2H3;7H,1-6H2;3H,2H2,1H3. The summed E-state index contributed by atoms with van der Waals surface area (Å²) in [4.78, 5) is 0. The predicted octanol–water partition coefficient (Wildman–Crippen LogP) is 1.50. The Morgan fingerprint density at radius 1 is 1.05 bits per heavy atom. The molecule has 1 fully saturated rings. The first-order valence-electron chi connectivity index (χ1n) is 8.03. The van der Waals surface area contributed by atoms with E-state index in [0.717, 1.165) is 32.9 Å². The van der Waals surface area contributed by atoms with E-state index in [1.165, 1.54) is 25.7 Å². The summed E-state index contributed by atoms with van der Waals surface area (Å²) in [6, 6.07) is 0. The van der Waals surface area contributed by atoms with Crippen LogP contribution in [0.25, 0.3) is 0 Å². The van der Waals surface area contributed by atoms with E-state index in [-0.39, 0.29) is 0 Å². The van der Waals surface area contributed by atoms with Gasteiger partial charge in [0.2, 0.25) is 0 Å². The maximum absolute atomic E-state index is 5.31. The number of hydrogen-bond donors (Lipinski definition) is 3. The average Bonchev–Trinajstić information content (AvgIpc) is 3.23. The van der Waals surface area contributed by atoms with Crippen molar-refractivity contribution in [3.8, 4) is 0 Å². The number of epoxide rings is 1. The van der Waals surface area contributed by atoms with Crippen molar-refractivity contribution in [1.82, 2.24) is 5.32 Å². The summed E-state index contributed by atoms with van der Waals surface area (Å²) < 4.78 is 10.0. The van der Waals surface area contributed by atoms with Crippen molar-refractivity contribution in [2.24, 2.45) is 11.5 Å². The van der Waals surface area contributed by atoms with Gasteiger partial charge in [-0.3, -0.25) is 0 Å². The predicted molar refractivity (Wildman–Crippen MR) is 87.0 cm³/mol. The van der Waals surface area contributed by atoms with Crippen LogP contribution in [0.5, 0.6) is 0 Å². The van der Waals surface area contributed by atoms with Crippen molar-refractivity contribution >= 4 is 0 Å². The molecule has 0 radical (unpaired) electrons. The molecule has 1 aliphatic heterocycles. The monoisotopic (exact) mass is 291 g/mol. The molecule has 5 heteroatoms. The lowest BCUT2D eigenvalue weighted by molar-refractivity contribution is 0.128. The summed E-state index contributed by atoms with van der Waals surface area (Å²) in [6.07, 6.45) is 5.49. The molecule has 1 heterocycles.